The fourth-order valence-corrected chi connectivity index (χ4v) is 7.00. The molecule has 5 rings (SSSR count). The Hall–Kier alpha value is -0.0400. The molecule has 0 aromatic rings. The van der Waals surface area contributed by atoms with Crippen molar-refractivity contribution >= 4 is 0 Å². The normalized spacial score (nSPS) is 56.0. The van der Waals surface area contributed by atoms with E-state index in [0.717, 1.165) is 35.5 Å². The van der Waals surface area contributed by atoms with Crippen LogP contribution in [0.15, 0.2) is 0 Å². The van der Waals surface area contributed by atoms with Gasteiger partial charge >= 0.3 is 0 Å². The first kappa shape index (κ1) is 13.6. The molecule has 20 heavy (non-hydrogen) atoms. The van der Waals surface area contributed by atoms with E-state index in [1.54, 1.807) is 19.3 Å². The van der Waals surface area contributed by atoms with Gasteiger partial charge in [-0.2, -0.15) is 0 Å². The fourth-order valence-electron chi connectivity index (χ4n) is 7.00. The minimum Gasteiger partial charge on any atom is -0.327 e. The Bertz CT molecular complexity index is 339. The van der Waals surface area contributed by atoms with Crippen LogP contribution in [0.3, 0.4) is 0 Å². The standard InChI is InChI=1S/C19H33N/c1-12-3-4-17(5-13(12)2)18(20)19-9-14-6-15(10-19)8-16(7-14)11-19/h12-18H,3-11,20H2,1-2H3. The molecule has 0 aliphatic heterocycles. The van der Waals surface area contributed by atoms with Crippen molar-refractivity contribution in [3.63, 3.8) is 0 Å². The Kier molecular flexibility index (Phi) is 3.22. The summed E-state index contributed by atoms with van der Waals surface area (Å²) in [5, 5.41) is 0. The van der Waals surface area contributed by atoms with E-state index in [0.29, 0.717) is 11.5 Å². The number of rotatable bonds is 2. The fraction of sp³-hybridized carbons (Fsp3) is 1.00. The summed E-state index contributed by atoms with van der Waals surface area (Å²) in [4.78, 5) is 0. The average molecular weight is 275 g/mol. The van der Waals surface area contributed by atoms with Crippen LogP contribution in [0.1, 0.15) is 71.6 Å². The summed E-state index contributed by atoms with van der Waals surface area (Å²) in [5.74, 6) is 5.80. The Morgan fingerprint density at radius 1 is 0.800 bits per heavy atom. The van der Waals surface area contributed by atoms with Crippen molar-refractivity contribution in [2.75, 3.05) is 0 Å². The smallest absolute Gasteiger partial charge is 0.0124 e. The van der Waals surface area contributed by atoms with Gasteiger partial charge in [0.2, 0.25) is 0 Å². The van der Waals surface area contributed by atoms with Gasteiger partial charge in [-0.3, -0.25) is 0 Å². The maximum absolute atomic E-state index is 6.96. The molecule has 0 aromatic heterocycles. The average Bonchev–Trinajstić information content (AvgIpc) is 2.39. The molecule has 5 saturated carbocycles. The second-order valence-corrected chi connectivity index (χ2v) is 9.33. The maximum atomic E-state index is 6.96. The topological polar surface area (TPSA) is 26.0 Å². The van der Waals surface area contributed by atoms with Gasteiger partial charge in [-0.15, -0.1) is 0 Å². The molecule has 5 aliphatic rings. The molecule has 1 nitrogen and oxygen atoms in total. The highest BCUT2D eigenvalue weighted by Gasteiger charge is 2.54. The summed E-state index contributed by atoms with van der Waals surface area (Å²) in [6, 6.07) is 0.519. The molecule has 0 radical (unpaired) electrons. The minimum absolute atomic E-state index is 0.519. The van der Waals surface area contributed by atoms with E-state index >= 15 is 0 Å². The molecule has 1 heteroatoms. The summed E-state index contributed by atoms with van der Waals surface area (Å²) >= 11 is 0. The predicted octanol–water partition coefficient (Wildman–Crippen LogP) is 4.60. The first-order valence-corrected chi connectivity index (χ1v) is 9.31. The molecular formula is C19H33N. The molecule has 4 atom stereocenters. The number of hydrogen-bond acceptors (Lipinski definition) is 1. The lowest BCUT2D eigenvalue weighted by atomic mass is 9.46. The van der Waals surface area contributed by atoms with E-state index in [1.165, 1.54) is 38.5 Å². The third kappa shape index (κ3) is 2.07. The SMILES string of the molecule is CC1CCC(C(N)C23CC4CC(CC(C4)C2)C3)CC1C. The second-order valence-electron chi connectivity index (χ2n) is 9.33. The van der Waals surface area contributed by atoms with E-state index in [2.05, 4.69) is 13.8 Å². The van der Waals surface area contributed by atoms with Gasteiger partial charge in [0.15, 0.2) is 0 Å². The number of hydrogen-bond donors (Lipinski definition) is 1. The summed E-state index contributed by atoms with van der Waals surface area (Å²) in [6.45, 7) is 4.90. The van der Waals surface area contributed by atoms with Gasteiger partial charge in [-0.05, 0) is 92.3 Å². The molecule has 0 spiro atoms. The quantitative estimate of drug-likeness (QED) is 0.783. The van der Waals surface area contributed by atoms with Gasteiger partial charge in [0.05, 0.1) is 0 Å². The van der Waals surface area contributed by atoms with E-state index < -0.39 is 0 Å². The van der Waals surface area contributed by atoms with Crippen LogP contribution in [-0.2, 0) is 0 Å². The van der Waals surface area contributed by atoms with Gasteiger partial charge in [-0.25, -0.2) is 0 Å². The maximum Gasteiger partial charge on any atom is 0.0124 e. The van der Waals surface area contributed by atoms with Crippen LogP contribution in [-0.4, -0.2) is 6.04 Å². The van der Waals surface area contributed by atoms with Gasteiger partial charge < -0.3 is 5.73 Å². The lowest BCUT2D eigenvalue weighted by Crippen LogP contribution is -2.57. The van der Waals surface area contributed by atoms with E-state index in [4.69, 9.17) is 5.73 Å². The molecule has 2 N–H and O–H groups in total. The molecule has 0 aromatic carbocycles. The van der Waals surface area contributed by atoms with Crippen molar-refractivity contribution in [1.82, 2.24) is 0 Å². The highest BCUT2D eigenvalue weighted by molar-refractivity contribution is 5.07. The zero-order valence-corrected chi connectivity index (χ0v) is 13.5. The Morgan fingerprint density at radius 3 is 1.85 bits per heavy atom. The van der Waals surface area contributed by atoms with Crippen LogP contribution in [0.4, 0.5) is 0 Å². The van der Waals surface area contributed by atoms with E-state index in [9.17, 15) is 0 Å². The summed E-state index contributed by atoms with van der Waals surface area (Å²) in [7, 11) is 0. The first-order chi connectivity index (χ1) is 9.56. The van der Waals surface area contributed by atoms with Crippen LogP contribution in [0.25, 0.3) is 0 Å². The molecule has 114 valence electrons. The molecule has 4 bridgehead atoms. The predicted molar refractivity (Wildman–Crippen MR) is 84.2 cm³/mol. The molecule has 0 amide bonds. The zero-order chi connectivity index (χ0) is 13.9. The van der Waals surface area contributed by atoms with E-state index in [-0.39, 0.29) is 0 Å². The Labute approximate surface area is 125 Å². The lowest BCUT2D eigenvalue weighted by molar-refractivity contribution is -0.0821. The Balaban J connectivity index is 1.52. The highest BCUT2D eigenvalue weighted by Crippen LogP contribution is 2.62. The molecule has 0 saturated heterocycles. The van der Waals surface area contributed by atoms with Crippen molar-refractivity contribution in [1.29, 1.82) is 0 Å². The monoisotopic (exact) mass is 275 g/mol. The second kappa shape index (κ2) is 4.73. The van der Waals surface area contributed by atoms with Gasteiger partial charge in [0.1, 0.15) is 0 Å². The molecule has 5 fully saturated rings. The zero-order valence-electron chi connectivity index (χ0n) is 13.5. The van der Waals surface area contributed by atoms with Crippen molar-refractivity contribution in [3.8, 4) is 0 Å². The van der Waals surface area contributed by atoms with Gasteiger partial charge in [-0.1, -0.05) is 20.3 Å². The highest BCUT2D eigenvalue weighted by atomic mass is 14.8. The van der Waals surface area contributed by atoms with Crippen molar-refractivity contribution < 1.29 is 0 Å². The van der Waals surface area contributed by atoms with Crippen LogP contribution in [0.5, 0.6) is 0 Å². The molecule has 0 heterocycles. The Morgan fingerprint density at radius 2 is 1.35 bits per heavy atom. The van der Waals surface area contributed by atoms with Crippen molar-refractivity contribution in [3.05, 3.63) is 0 Å². The molecule has 5 aliphatic carbocycles. The summed E-state index contributed by atoms with van der Waals surface area (Å²) < 4.78 is 0. The number of nitrogens with two attached hydrogens (primary N) is 1. The van der Waals surface area contributed by atoms with Crippen molar-refractivity contribution in [2.45, 2.75) is 77.7 Å². The lowest BCUT2D eigenvalue weighted by Gasteiger charge is -2.60. The van der Waals surface area contributed by atoms with Crippen LogP contribution >= 0.6 is 0 Å². The van der Waals surface area contributed by atoms with Crippen LogP contribution in [0, 0.1) is 40.9 Å². The molecular weight excluding hydrogens is 242 g/mol. The first-order valence-electron chi connectivity index (χ1n) is 9.31. The molecule has 4 unspecified atom stereocenters. The van der Waals surface area contributed by atoms with Gasteiger partial charge in [0, 0.05) is 6.04 Å². The summed E-state index contributed by atoms with van der Waals surface area (Å²) in [5.41, 5.74) is 7.52. The largest absolute Gasteiger partial charge is 0.327 e. The van der Waals surface area contributed by atoms with E-state index in [1.807, 2.05) is 0 Å². The van der Waals surface area contributed by atoms with Gasteiger partial charge in [0.25, 0.3) is 0 Å². The van der Waals surface area contributed by atoms with Crippen LogP contribution in [0.2, 0.25) is 0 Å². The minimum atomic E-state index is 0.519. The van der Waals surface area contributed by atoms with Crippen molar-refractivity contribution in [2.24, 2.45) is 46.7 Å². The third-order valence-corrected chi connectivity index (χ3v) is 7.94. The van der Waals surface area contributed by atoms with Crippen LogP contribution < -0.4 is 5.73 Å². The summed E-state index contributed by atoms with van der Waals surface area (Å²) in [6.07, 6.45) is 13.3. The third-order valence-electron chi connectivity index (χ3n) is 7.94.